The van der Waals surface area contributed by atoms with Gasteiger partial charge in [0, 0.05) is 10.7 Å². The molecule has 0 heterocycles. The molecule has 0 aliphatic carbocycles. The van der Waals surface area contributed by atoms with Crippen molar-refractivity contribution in [2.75, 3.05) is 5.32 Å². The van der Waals surface area contributed by atoms with Gasteiger partial charge in [-0.15, -0.1) is 0 Å². The Morgan fingerprint density at radius 1 is 1.20 bits per heavy atom. The second kappa shape index (κ2) is 5.83. The number of carboxylic acids is 1. The van der Waals surface area contributed by atoms with Crippen molar-refractivity contribution in [2.45, 2.75) is 0 Å². The molecule has 0 atom stereocenters. The van der Waals surface area contributed by atoms with E-state index in [1.807, 2.05) is 6.07 Å². The lowest BCUT2D eigenvalue weighted by molar-refractivity contribution is 0.0697. The average Bonchev–Trinajstić information content (AvgIpc) is 2.38. The van der Waals surface area contributed by atoms with Crippen LogP contribution >= 0.6 is 23.2 Å². The molecule has 6 heteroatoms. The van der Waals surface area contributed by atoms with E-state index in [-0.39, 0.29) is 10.6 Å². The first-order valence-electron chi connectivity index (χ1n) is 5.51. The van der Waals surface area contributed by atoms with Gasteiger partial charge in [0.25, 0.3) is 0 Å². The first-order chi connectivity index (χ1) is 9.51. The van der Waals surface area contributed by atoms with Gasteiger partial charge in [0.1, 0.15) is 6.07 Å². The van der Waals surface area contributed by atoms with E-state index in [2.05, 4.69) is 5.32 Å². The van der Waals surface area contributed by atoms with Crippen molar-refractivity contribution in [3.05, 3.63) is 57.6 Å². The second-order valence-electron chi connectivity index (χ2n) is 3.93. The maximum atomic E-state index is 10.9. The topological polar surface area (TPSA) is 73.1 Å². The van der Waals surface area contributed by atoms with Crippen LogP contribution in [0.15, 0.2) is 36.4 Å². The number of aromatic carboxylic acids is 1. The van der Waals surface area contributed by atoms with Crippen LogP contribution in [0, 0.1) is 11.3 Å². The quantitative estimate of drug-likeness (QED) is 0.886. The highest BCUT2D eigenvalue weighted by atomic mass is 35.5. The maximum Gasteiger partial charge on any atom is 0.337 e. The lowest BCUT2D eigenvalue weighted by atomic mass is 10.1. The fourth-order valence-electron chi connectivity index (χ4n) is 1.64. The molecule has 0 bridgehead atoms. The van der Waals surface area contributed by atoms with Crippen molar-refractivity contribution in [1.29, 1.82) is 5.26 Å². The Labute approximate surface area is 125 Å². The molecule has 0 radical (unpaired) electrons. The molecule has 2 aromatic rings. The number of nitriles is 1. The SMILES string of the molecule is N#Cc1ccc(Cl)cc1Nc1ccc(C(=O)O)c(Cl)c1. The van der Waals surface area contributed by atoms with Crippen molar-refractivity contribution in [3.63, 3.8) is 0 Å². The normalized spacial score (nSPS) is 9.85. The Hall–Kier alpha value is -2.22. The molecule has 0 fully saturated rings. The summed E-state index contributed by atoms with van der Waals surface area (Å²) in [7, 11) is 0. The predicted molar refractivity (Wildman–Crippen MR) is 77.9 cm³/mol. The number of nitrogens with one attached hydrogen (secondary N) is 1. The van der Waals surface area contributed by atoms with Gasteiger partial charge in [-0.05, 0) is 36.4 Å². The average molecular weight is 307 g/mol. The first kappa shape index (κ1) is 14.2. The zero-order valence-electron chi connectivity index (χ0n) is 10.0. The van der Waals surface area contributed by atoms with Crippen LogP contribution in [0.1, 0.15) is 15.9 Å². The minimum atomic E-state index is -1.10. The fraction of sp³-hybridized carbons (Fsp3) is 0. The molecule has 0 saturated heterocycles. The predicted octanol–water partition coefficient (Wildman–Crippen LogP) is 4.31. The monoisotopic (exact) mass is 306 g/mol. The molecule has 2 rings (SSSR count). The standard InChI is InChI=1S/C14H8Cl2N2O2/c15-9-2-1-8(7-17)13(5-9)18-10-3-4-11(14(19)20)12(16)6-10/h1-6,18H,(H,19,20). The molecule has 20 heavy (non-hydrogen) atoms. The van der Waals surface area contributed by atoms with Gasteiger partial charge in [-0.1, -0.05) is 23.2 Å². The summed E-state index contributed by atoms with van der Waals surface area (Å²) in [6.07, 6.45) is 0. The van der Waals surface area contributed by atoms with Gasteiger partial charge >= 0.3 is 5.97 Å². The molecule has 100 valence electrons. The lowest BCUT2D eigenvalue weighted by Crippen LogP contribution is -1.99. The van der Waals surface area contributed by atoms with Crippen molar-refractivity contribution >= 4 is 40.5 Å². The minimum absolute atomic E-state index is 0.0174. The Balaban J connectivity index is 2.36. The summed E-state index contributed by atoms with van der Waals surface area (Å²) < 4.78 is 0. The zero-order chi connectivity index (χ0) is 14.7. The smallest absolute Gasteiger partial charge is 0.337 e. The summed E-state index contributed by atoms with van der Waals surface area (Å²) in [5, 5.41) is 21.5. The van der Waals surface area contributed by atoms with E-state index in [1.165, 1.54) is 12.1 Å². The summed E-state index contributed by atoms with van der Waals surface area (Å²) >= 11 is 11.8. The molecule has 0 spiro atoms. The summed E-state index contributed by atoms with van der Waals surface area (Å²) in [5.41, 5.74) is 1.54. The minimum Gasteiger partial charge on any atom is -0.478 e. The Morgan fingerprint density at radius 3 is 2.55 bits per heavy atom. The van der Waals surface area contributed by atoms with E-state index in [4.69, 9.17) is 33.6 Å². The number of carboxylic acid groups (broad SMARTS) is 1. The van der Waals surface area contributed by atoms with Gasteiger partial charge < -0.3 is 10.4 Å². The highest BCUT2D eigenvalue weighted by Gasteiger charge is 2.10. The molecule has 0 aliphatic rings. The third kappa shape index (κ3) is 3.02. The number of rotatable bonds is 3. The fourth-order valence-corrected chi connectivity index (χ4v) is 2.07. The molecule has 0 aromatic heterocycles. The summed E-state index contributed by atoms with van der Waals surface area (Å²) in [4.78, 5) is 10.9. The molecular weight excluding hydrogens is 299 g/mol. The largest absolute Gasteiger partial charge is 0.478 e. The highest BCUT2D eigenvalue weighted by Crippen LogP contribution is 2.27. The van der Waals surface area contributed by atoms with Crippen LogP contribution in [0.5, 0.6) is 0 Å². The summed E-state index contributed by atoms with van der Waals surface area (Å²) in [6, 6.07) is 11.3. The van der Waals surface area contributed by atoms with Crippen LogP contribution in [-0.4, -0.2) is 11.1 Å². The number of anilines is 2. The zero-order valence-corrected chi connectivity index (χ0v) is 11.5. The highest BCUT2D eigenvalue weighted by molar-refractivity contribution is 6.33. The Kier molecular flexibility index (Phi) is 4.14. The van der Waals surface area contributed by atoms with E-state index in [0.717, 1.165) is 0 Å². The molecule has 0 aliphatic heterocycles. The number of hydrogen-bond acceptors (Lipinski definition) is 3. The van der Waals surface area contributed by atoms with E-state index < -0.39 is 5.97 Å². The number of hydrogen-bond donors (Lipinski definition) is 2. The van der Waals surface area contributed by atoms with Gasteiger partial charge in [0.15, 0.2) is 0 Å². The number of nitrogens with zero attached hydrogens (tertiary/aromatic N) is 1. The van der Waals surface area contributed by atoms with E-state index in [9.17, 15) is 4.79 Å². The molecule has 0 unspecified atom stereocenters. The van der Waals surface area contributed by atoms with Gasteiger partial charge in [-0.25, -0.2) is 4.79 Å². The van der Waals surface area contributed by atoms with Crippen LogP contribution in [0.3, 0.4) is 0 Å². The van der Waals surface area contributed by atoms with E-state index in [0.29, 0.717) is 22.0 Å². The van der Waals surface area contributed by atoms with Crippen LogP contribution in [0.4, 0.5) is 11.4 Å². The Morgan fingerprint density at radius 2 is 1.95 bits per heavy atom. The van der Waals surface area contributed by atoms with Crippen LogP contribution in [0.2, 0.25) is 10.0 Å². The number of carbonyl (C=O) groups is 1. The van der Waals surface area contributed by atoms with Crippen molar-refractivity contribution < 1.29 is 9.90 Å². The third-order valence-corrected chi connectivity index (χ3v) is 3.13. The first-order valence-corrected chi connectivity index (χ1v) is 6.26. The summed E-state index contributed by atoms with van der Waals surface area (Å²) in [5.74, 6) is -1.10. The van der Waals surface area contributed by atoms with Crippen molar-refractivity contribution in [3.8, 4) is 6.07 Å². The molecule has 2 N–H and O–H groups in total. The molecule has 0 saturated carbocycles. The van der Waals surface area contributed by atoms with Crippen molar-refractivity contribution in [1.82, 2.24) is 0 Å². The van der Waals surface area contributed by atoms with Crippen LogP contribution in [0.25, 0.3) is 0 Å². The number of benzene rings is 2. The molecule has 0 amide bonds. The van der Waals surface area contributed by atoms with E-state index in [1.54, 1.807) is 24.3 Å². The van der Waals surface area contributed by atoms with Crippen molar-refractivity contribution in [2.24, 2.45) is 0 Å². The Bertz CT molecular complexity index is 724. The lowest BCUT2D eigenvalue weighted by Gasteiger charge is -2.10. The summed E-state index contributed by atoms with van der Waals surface area (Å²) in [6.45, 7) is 0. The van der Waals surface area contributed by atoms with E-state index >= 15 is 0 Å². The maximum absolute atomic E-state index is 10.9. The van der Waals surface area contributed by atoms with Gasteiger partial charge in [0.05, 0.1) is 21.8 Å². The van der Waals surface area contributed by atoms with Crippen LogP contribution < -0.4 is 5.32 Å². The number of halogens is 2. The van der Waals surface area contributed by atoms with Gasteiger partial charge in [-0.3, -0.25) is 0 Å². The van der Waals surface area contributed by atoms with Crippen LogP contribution in [-0.2, 0) is 0 Å². The third-order valence-electron chi connectivity index (χ3n) is 2.58. The molecular formula is C14H8Cl2N2O2. The molecule has 2 aromatic carbocycles. The van der Waals surface area contributed by atoms with Gasteiger partial charge in [0.2, 0.25) is 0 Å². The van der Waals surface area contributed by atoms with Gasteiger partial charge in [-0.2, -0.15) is 5.26 Å². The molecule has 4 nitrogen and oxygen atoms in total. The second-order valence-corrected chi connectivity index (χ2v) is 4.77.